The summed E-state index contributed by atoms with van der Waals surface area (Å²) in [5.41, 5.74) is 0. The molecule has 0 saturated heterocycles. The van der Waals surface area contributed by atoms with E-state index in [0.29, 0.717) is 6.04 Å². The smallest absolute Gasteiger partial charge is 0.237 e. The van der Waals surface area contributed by atoms with Gasteiger partial charge in [0.25, 0.3) is 0 Å². The highest BCUT2D eigenvalue weighted by atomic mass is 16.5. The van der Waals surface area contributed by atoms with Crippen LogP contribution in [0.5, 0.6) is 0 Å². The lowest BCUT2D eigenvalue weighted by Crippen LogP contribution is -2.49. The average molecular weight is 214 g/mol. The Morgan fingerprint density at radius 3 is 2.40 bits per heavy atom. The van der Waals surface area contributed by atoms with Crippen molar-refractivity contribution in [1.82, 2.24) is 10.6 Å². The largest absolute Gasteiger partial charge is 0.380 e. The van der Waals surface area contributed by atoms with Gasteiger partial charge in [0.2, 0.25) is 5.91 Å². The molecule has 1 amide bonds. The topological polar surface area (TPSA) is 50.4 Å². The molecule has 0 bridgehead atoms. The van der Waals surface area contributed by atoms with E-state index in [-0.39, 0.29) is 24.1 Å². The first-order valence-corrected chi connectivity index (χ1v) is 5.63. The standard InChI is InChI=1S/C11H22N2O2/c1-7(9(3)15-4)12-8(2)11(14)13-10-5-6-10/h7-10,12H,5-6H2,1-4H3,(H,13,14). The Balaban J connectivity index is 2.26. The molecule has 1 rings (SSSR count). The van der Waals surface area contributed by atoms with Gasteiger partial charge < -0.3 is 15.4 Å². The van der Waals surface area contributed by atoms with Gasteiger partial charge in [0, 0.05) is 19.2 Å². The summed E-state index contributed by atoms with van der Waals surface area (Å²) < 4.78 is 5.19. The van der Waals surface area contributed by atoms with E-state index in [1.807, 2.05) is 20.8 Å². The zero-order valence-corrected chi connectivity index (χ0v) is 10.0. The van der Waals surface area contributed by atoms with Crippen molar-refractivity contribution in [2.45, 2.75) is 57.8 Å². The van der Waals surface area contributed by atoms with Crippen molar-refractivity contribution in [3.8, 4) is 0 Å². The first-order valence-electron chi connectivity index (χ1n) is 5.63. The molecule has 3 unspecified atom stereocenters. The predicted octanol–water partition coefficient (Wildman–Crippen LogP) is 0.667. The fraction of sp³-hybridized carbons (Fsp3) is 0.909. The first-order chi connectivity index (χ1) is 7.04. The van der Waals surface area contributed by atoms with Crippen LogP contribution in [0.1, 0.15) is 33.6 Å². The summed E-state index contributed by atoms with van der Waals surface area (Å²) in [7, 11) is 1.68. The predicted molar refractivity (Wildman–Crippen MR) is 59.7 cm³/mol. The van der Waals surface area contributed by atoms with E-state index >= 15 is 0 Å². The van der Waals surface area contributed by atoms with Crippen LogP contribution in [0.4, 0.5) is 0 Å². The molecule has 88 valence electrons. The highest BCUT2D eigenvalue weighted by Gasteiger charge is 2.26. The van der Waals surface area contributed by atoms with Crippen molar-refractivity contribution in [2.24, 2.45) is 0 Å². The molecule has 0 aliphatic heterocycles. The fourth-order valence-corrected chi connectivity index (χ4v) is 1.36. The molecule has 0 spiro atoms. The summed E-state index contributed by atoms with van der Waals surface area (Å²) in [6, 6.07) is 0.449. The SMILES string of the molecule is COC(C)C(C)NC(C)C(=O)NC1CC1. The van der Waals surface area contributed by atoms with Crippen LogP contribution in [-0.4, -0.2) is 37.2 Å². The summed E-state index contributed by atoms with van der Waals surface area (Å²) in [5.74, 6) is 0.0904. The molecule has 4 nitrogen and oxygen atoms in total. The molecule has 3 atom stereocenters. The lowest BCUT2D eigenvalue weighted by molar-refractivity contribution is -0.123. The van der Waals surface area contributed by atoms with Crippen LogP contribution in [0.25, 0.3) is 0 Å². The number of hydrogen-bond donors (Lipinski definition) is 2. The monoisotopic (exact) mass is 214 g/mol. The molecular weight excluding hydrogens is 192 g/mol. The van der Waals surface area contributed by atoms with E-state index in [9.17, 15) is 4.79 Å². The Morgan fingerprint density at radius 2 is 1.93 bits per heavy atom. The van der Waals surface area contributed by atoms with E-state index in [2.05, 4.69) is 10.6 Å². The third-order valence-corrected chi connectivity index (χ3v) is 2.91. The van der Waals surface area contributed by atoms with Gasteiger partial charge in [0.05, 0.1) is 12.1 Å². The summed E-state index contributed by atoms with van der Waals surface area (Å²) in [5, 5.41) is 6.20. The lowest BCUT2D eigenvalue weighted by Gasteiger charge is -2.23. The van der Waals surface area contributed by atoms with Gasteiger partial charge in [-0.2, -0.15) is 0 Å². The number of carbonyl (C=O) groups is 1. The Bertz CT molecular complexity index is 217. The highest BCUT2D eigenvalue weighted by Crippen LogP contribution is 2.18. The van der Waals surface area contributed by atoms with E-state index in [1.54, 1.807) is 7.11 Å². The molecule has 1 saturated carbocycles. The van der Waals surface area contributed by atoms with E-state index < -0.39 is 0 Å². The van der Waals surface area contributed by atoms with Gasteiger partial charge in [-0.05, 0) is 33.6 Å². The number of ether oxygens (including phenoxy) is 1. The maximum atomic E-state index is 11.6. The van der Waals surface area contributed by atoms with E-state index in [1.165, 1.54) is 0 Å². The summed E-state index contributed by atoms with van der Waals surface area (Å²) in [6.45, 7) is 5.90. The van der Waals surface area contributed by atoms with Crippen molar-refractivity contribution in [1.29, 1.82) is 0 Å². The molecule has 1 aliphatic rings. The van der Waals surface area contributed by atoms with Gasteiger partial charge >= 0.3 is 0 Å². The second-order valence-electron chi connectivity index (χ2n) is 4.40. The van der Waals surface area contributed by atoms with Crippen LogP contribution in [0, 0.1) is 0 Å². The van der Waals surface area contributed by atoms with Crippen LogP contribution in [0.3, 0.4) is 0 Å². The maximum Gasteiger partial charge on any atom is 0.237 e. The molecule has 4 heteroatoms. The van der Waals surface area contributed by atoms with Gasteiger partial charge in [-0.25, -0.2) is 0 Å². The third kappa shape index (κ3) is 4.18. The van der Waals surface area contributed by atoms with Crippen LogP contribution in [0.2, 0.25) is 0 Å². The van der Waals surface area contributed by atoms with Gasteiger partial charge in [0.15, 0.2) is 0 Å². The maximum absolute atomic E-state index is 11.6. The lowest BCUT2D eigenvalue weighted by atomic mass is 10.2. The van der Waals surface area contributed by atoms with Crippen LogP contribution in [0.15, 0.2) is 0 Å². The molecule has 0 aromatic carbocycles. The van der Waals surface area contributed by atoms with Gasteiger partial charge in [-0.3, -0.25) is 4.79 Å². The minimum absolute atomic E-state index is 0.0904. The van der Waals surface area contributed by atoms with Crippen LogP contribution in [-0.2, 0) is 9.53 Å². The zero-order valence-electron chi connectivity index (χ0n) is 10.0. The van der Waals surface area contributed by atoms with Crippen molar-refractivity contribution >= 4 is 5.91 Å². The number of carbonyl (C=O) groups excluding carboxylic acids is 1. The Labute approximate surface area is 91.8 Å². The highest BCUT2D eigenvalue weighted by molar-refractivity contribution is 5.81. The minimum atomic E-state index is -0.154. The molecule has 0 aromatic rings. The Morgan fingerprint density at radius 1 is 1.33 bits per heavy atom. The molecule has 0 radical (unpaired) electrons. The average Bonchev–Trinajstić information content (AvgIpc) is 3.00. The molecule has 0 aromatic heterocycles. The van der Waals surface area contributed by atoms with Crippen molar-refractivity contribution in [2.75, 3.05) is 7.11 Å². The zero-order chi connectivity index (χ0) is 11.4. The molecular formula is C11H22N2O2. The second-order valence-corrected chi connectivity index (χ2v) is 4.40. The molecule has 1 aliphatic carbocycles. The van der Waals surface area contributed by atoms with Gasteiger partial charge in [-0.1, -0.05) is 0 Å². The number of amides is 1. The first kappa shape index (κ1) is 12.5. The second kappa shape index (κ2) is 5.47. The normalized spacial score (nSPS) is 21.9. The van der Waals surface area contributed by atoms with Crippen molar-refractivity contribution in [3.05, 3.63) is 0 Å². The number of rotatable bonds is 6. The van der Waals surface area contributed by atoms with Gasteiger partial charge in [-0.15, -0.1) is 0 Å². The van der Waals surface area contributed by atoms with E-state index in [4.69, 9.17) is 4.74 Å². The Hall–Kier alpha value is -0.610. The molecule has 15 heavy (non-hydrogen) atoms. The number of hydrogen-bond acceptors (Lipinski definition) is 3. The minimum Gasteiger partial charge on any atom is -0.380 e. The summed E-state index contributed by atoms with van der Waals surface area (Å²) in [4.78, 5) is 11.6. The Kier molecular flexibility index (Phi) is 4.54. The van der Waals surface area contributed by atoms with Crippen LogP contribution < -0.4 is 10.6 Å². The molecule has 1 fully saturated rings. The summed E-state index contributed by atoms with van der Waals surface area (Å²) >= 11 is 0. The number of methoxy groups -OCH3 is 1. The van der Waals surface area contributed by atoms with Crippen molar-refractivity contribution < 1.29 is 9.53 Å². The van der Waals surface area contributed by atoms with E-state index in [0.717, 1.165) is 12.8 Å². The quantitative estimate of drug-likeness (QED) is 0.683. The summed E-state index contributed by atoms with van der Waals surface area (Å²) in [6.07, 6.45) is 2.37. The number of nitrogens with one attached hydrogen (secondary N) is 2. The van der Waals surface area contributed by atoms with Crippen molar-refractivity contribution in [3.63, 3.8) is 0 Å². The molecule has 0 heterocycles. The third-order valence-electron chi connectivity index (χ3n) is 2.91. The van der Waals surface area contributed by atoms with Gasteiger partial charge in [0.1, 0.15) is 0 Å². The fourth-order valence-electron chi connectivity index (χ4n) is 1.36. The van der Waals surface area contributed by atoms with Crippen LogP contribution >= 0.6 is 0 Å². The molecule has 2 N–H and O–H groups in total.